The molecule has 0 aromatic carbocycles. The highest BCUT2D eigenvalue weighted by atomic mass is 16.6. The molecule has 0 amide bonds. The summed E-state index contributed by atoms with van der Waals surface area (Å²) < 4.78 is 11.8. The zero-order chi connectivity index (χ0) is 32.4. The molecule has 0 saturated carbocycles. The molecular formula is C40H78O4. The highest BCUT2D eigenvalue weighted by Gasteiger charge is 2.24. The lowest BCUT2D eigenvalue weighted by atomic mass is 10.0. The fraction of sp³-hybridized carbons (Fsp3) is 0.950. The lowest BCUT2D eigenvalue weighted by molar-refractivity contribution is -0.167. The summed E-state index contributed by atoms with van der Waals surface area (Å²) in [6.45, 7) is 8.70. The summed E-state index contributed by atoms with van der Waals surface area (Å²) in [5, 5.41) is 0. The van der Waals surface area contributed by atoms with Crippen LogP contribution >= 0.6 is 0 Å². The minimum Gasteiger partial charge on any atom is -0.459 e. The summed E-state index contributed by atoms with van der Waals surface area (Å²) >= 11 is 0. The van der Waals surface area contributed by atoms with Gasteiger partial charge in [-0.25, -0.2) is 0 Å². The Labute approximate surface area is 276 Å². The molecule has 2 atom stereocenters. The smallest absolute Gasteiger partial charge is 0.306 e. The highest BCUT2D eigenvalue weighted by Crippen LogP contribution is 2.19. The van der Waals surface area contributed by atoms with Crippen molar-refractivity contribution < 1.29 is 19.1 Å². The van der Waals surface area contributed by atoms with Gasteiger partial charge in [0, 0.05) is 12.8 Å². The molecule has 0 radical (unpaired) electrons. The van der Waals surface area contributed by atoms with Crippen LogP contribution in [-0.4, -0.2) is 24.1 Å². The number of unbranched alkanes of at least 4 members (excludes halogenated alkanes) is 26. The Bertz CT molecular complexity index is 604. The van der Waals surface area contributed by atoms with Crippen molar-refractivity contribution in [3.63, 3.8) is 0 Å². The Balaban J connectivity index is 4.31. The lowest BCUT2D eigenvalue weighted by Crippen LogP contribution is -2.33. The Kier molecular flexibility index (Phi) is 34.0. The minimum atomic E-state index is -0.378. The van der Waals surface area contributed by atoms with Crippen molar-refractivity contribution in [3.05, 3.63) is 0 Å². The number of esters is 2. The van der Waals surface area contributed by atoms with Gasteiger partial charge in [0.2, 0.25) is 0 Å². The number of hydrogen-bond acceptors (Lipinski definition) is 4. The van der Waals surface area contributed by atoms with Crippen LogP contribution in [0.15, 0.2) is 0 Å². The van der Waals surface area contributed by atoms with Crippen LogP contribution in [0.3, 0.4) is 0 Å². The molecule has 4 nitrogen and oxygen atoms in total. The molecule has 4 heteroatoms. The van der Waals surface area contributed by atoms with Gasteiger partial charge in [-0.2, -0.15) is 0 Å². The first kappa shape index (κ1) is 42.9. The van der Waals surface area contributed by atoms with Gasteiger partial charge in [-0.05, 0) is 32.6 Å². The highest BCUT2D eigenvalue weighted by molar-refractivity contribution is 5.70. The van der Waals surface area contributed by atoms with E-state index in [1.807, 2.05) is 6.92 Å². The molecule has 0 spiro atoms. The fourth-order valence-electron chi connectivity index (χ4n) is 6.13. The third-order valence-electron chi connectivity index (χ3n) is 9.18. The standard InChI is InChI=1S/C40H78O4/c1-5-8-11-14-17-20-22-24-27-30-33-36-40(42)44-38(34-31-28-25-19-16-13-10-7-3)37(4)43-39(41)35-32-29-26-23-21-18-15-12-9-6-2/h37-38H,5-36H2,1-4H3. The van der Waals surface area contributed by atoms with Crippen molar-refractivity contribution >= 4 is 11.9 Å². The van der Waals surface area contributed by atoms with Crippen LogP contribution in [0.25, 0.3) is 0 Å². The maximum Gasteiger partial charge on any atom is 0.306 e. The number of hydrogen-bond donors (Lipinski definition) is 0. The second-order valence-corrected chi connectivity index (χ2v) is 13.7. The van der Waals surface area contributed by atoms with E-state index >= 15 is 0 Å². The van der Waals surface area contributed by atoms with Crippen LogP contribution in [0.4, 0.5) is 0 Å². The largest absolute Gasteiger partial charge is 0.459 e. The van der Waals surface area contributed by atoms with Crippen LogP contribution in [0.2, 0.25) is 0 Å². The van der Waals surface area contributed by atoms with Crippen LogP contribution in [0.1, 0.15) is 233 Å². The van der Waals surface area contributed by atoms with Gasteiger partial charge in [0.25, 0.3) is 0 Å². The van der Waals surface area contributed by atoms with E-state index in [0.717, 1.165) is 44.9 Å². The van der Waals surface area contributed by atoms with Gasteiger partial charge >= 0.3 is 11.9 Å². The molecule has 0 aliphatic carbocycles. The molecular weight excluding hydrogens is 544 g/mol. The van der Waals surface area contributed by atoms with Crippen LogP contribution in [-0.2, 0) is 19.1 Å². The first-order chi connectivity index (χ1) is 21.5. The van der Waals surface area contributed by atoms with E-state index in [1.54, 1.807) is 0 Å². The van der Waals surface area contributed by atoms with Gasteiger partial charge in [-0.1, -0.05) is 188 Å². The average molecular weight is 623 g/mol. The van der Waals surface area contributed by atoms with Crippen molar-refractivity contribution in [2.24, 2.45) is 0 Å². The Hall–Kier alpha value is -1.06. The third kappa shape index (κ3) is 30.9. The van der Waals surface area contributed by atoms with Crippen molar-refractivity contribution in [3.8, 4) is 0 Å². The lowest BCUT2D eigenvalue weighted by Gasteiger charge is -2.24. The van der Waals surface area contributed by atoms with E-state index in [2.05, 4.69) is 20.8 Å². The van der Waals surface area contributed by atoms with E-state index in [4.69, 9.17) is 9.47 Å². The molecule has 0 aromatic heterocycles. The van der Waals surface area contributed by atoms with Crippen LogP contribution < -0.4 is 0 Å². The Morgan fingerprint density at radius 3 is 1.00 bits per heavy atom. The predicted molar refractivity (Wildman–Crippen MR) is 190 cm³/mol. The summed E-state index contributed by atoms with van der Waals surface area (Å²) in [5.74, 6) is -0.262. The molecule has 44 heavy (non-hydrogen) atoms. The van der Waals surface area contributed by atoms with Crippen LogP contribution in [0, 0.1) is 0 Å². The zero-order valence-electron chi connectivity index (χ0n) is 30.4. The molecule has 0 bridgehead atoms. The number of ether oxygens (including phenoxy) is 2. The van der Waals surface area contributed by atoms with Gasteiger partial charge in [-0.15, -0.1) is 0 Å². The van der Waals surface area contributed by atoms with Crippen molar-refractivity contribution in [2.75, 3.05) is 0 Å². The van der Waals surface area contributed by atoms with E-state index in [0.29, 0.717) is 12.8 Å². The molecule has 0 saturated heterocycles. The van der Waals surface area contributed by atoms with Gasteiger partial charge in [0.15, 0.2) is 0 Å². The molecule has 0 aromatic rings. The summed E-state index contributed by atoms with van der Waals surface area (Å²) in [7, 11) is 0. The van der Waals surface area contributed by atoms with Gasteiger partial charge < -0.3 is 9.47 Å². The second kappa shape index (κ2) is 34.8. The molecule has 262 valence electrons. The summed E-state index contributed by atoms with van der Waals surface area (Å²) in [6.07, 6.45) is 37.4. The van der Waals surface area contributed by atoms with Gasteiger partial charge in [0.05, 0.1) is 0 Å². The molecule has 0 aliphatic rings. The summed E-state index contributed by atoms with van der Waals surface area (Å²) in [4.78, 5) is 25.4. The monoisotopic (exact) mass is 623 g/mol. The number of carbonyl (C=O) groups excluding carboxylic acids is 2. The van der Waals surface area contributed by atoms with Crippen LogP contribution in [0.5, 0.6) is 0 Å². The molecule has 0 rings (SSSR count). The Morgan fingerprint density at radius 2 is 0.659 bits per heavy atom. The van der Waals surface area contributed by atoms with E-state index in [9.17, 15) is 9.59 Å². The Morgan fingerprint density at radius 1 is 0.386 bits per heavy atom. The van der Waals surface area contributed by atoms with E-state index in [1.165, 1.54) is 148 Å². The van der Waals surface area contributed by atoms with E-state index < -0.39 is 0 Å². The van der Waals surface area contributed by atoms with Gasteiger partial charge in [-0.3, -0.25) is 9.59 Å². The quantitative estimate of drug-likeness (QED) is 0.0521. The first-order valence-electron chi connectivity index (χ1n) is 19.9. The zero-order valence-corrected chi connectivity index (χ0v) is 30.4. The second-order valence-electron chi connectivity index (χ2n) is 13.7. The topological polar surface area (TPSA) is 52.6 Å². The number of rotatable bonds is 35. The average Bonchev–Trinajstić information content (AvgIpc) is 3.01. The molecule has 0 N–H and O–H groups in total. The number of carbonyl (C=O) groups is 2. The van der Waals surface area contributed by atoms with Crippen molar-refractivity contribution in [1.29, 1.82) is 0 Å². The fourth-order valence-corrected chi connectivity index (χ4v) is 6.13. The predicted octanol–water partition coefficient (Wildman–Crippen LogP) is 13.4. The molecule has 0 heterocycles. The maximum atomic E-state index is 12.7. The molecule has 2 unspecified atom stereocenters. The third-order valence-corrected chi connectivity index (χ3v) is 9.18. The summed E-state index contributed by atoms with van der Waals surface area (Å²) in [6, 6.07) is 0. The maximum absolute atomic E-state index is 12.7. The van der Waals surface area contributed by atoms with Crippen molar-refractivity contribution in [2.45, 2.75) is 245 Å². The van der Waals surface area contributed by atoms with E-state index in [-0.39, 0.29) is 24.1 Å². The minimum absolute atomic E-state index is 0.122. The molecule has 0 aliphatic heterocycles. The van der Waals surface area contributed by atoms with Gasteiger partial charge in [0.1, 0.15) is 12.2 Å². The first-order valence-corrected chi connectivity index (χ1v) is 19.9. The SMILES string of the molecule is CCCCCCCCCCCCCC(=O)OC(CCCCCCCCCC)C(C)OC(=O)CCCCCCCCCCCC. The normalized spacial score (nSPS) is 12.7. The molecule has 0 fully saturated rings. The summed E-state index contributed by atoms with van der Waals surface area (Å²) in [5.41, 5.74) is 0. The van der Waals surface area contributed by atoms with Crippen molar-refractivity contribution in [1.82, 2.24) is 0 Å².